The van der Waals surface area contributed by atoms with Crippen molar-refractivity contribution in [2.24, 2.45) is 5.92 Å². The van der Waals surface area contributed by atoms with Crippen molar-refractivity contribution in [2.75, 3.05) is 6.54 Å². The van der Waals surface area contributed by atoms with Crippen LogP contribution in [0, 0.1) is 5.92 Å². The van der Waals surface area contributed by atoms with Gasteiger partial charge in [0, 0.05) is 18.5 Å². The minimum atomic E-state index is 0.565. The van der Waals surface area contributed by atoms with E-state index in [2.05, 4.69) is 29.1 Å². The zero-order valence-corrected chi connectivity index (χ0v) is 9.93. The third-order valence-electron chi connectivity index (χ3n) is 2.52. The predicted octanol–water partition coefficient (Wildman–Crippen LogP) is 1.97. The Morgan fingerprint density at radius 3 is 2.93 bits per heavy atom. The van der Waals surface area contributed by atoms with E-state index in [-0.39, 0.29) is 0 Å². The number of hydrogen-bond acceptors (Lipinski definition) is 3. The molecule has 0 radical (unpaired) electrons. The molecule has 0 fully saturated rings. The lowest BCUT2D eigenvalue weighted by Crippen LogP contribution is -2.26. The monoisotopic (exact) mass is 225 g/mol. The summed E-state index contributed by atoms with van der Waals surface area (Å²) in [6, 6.07) is 0. The molecule has 1 aromatic rings. The lowest BCUT2D eigenvalue weighted by molar-refractivity contribution is 0.588. The molecule has 15 heavy (non-hydrogen) atoms. The maximum Gasteiger partial charge on any atom is 0.136 e. The molecule has 0 unspecified atom stereocenters. The van der Waals surface area contributed by atoms with Crippen LogP contribution in [0.15, 0.2) is 0 Å². The molecular formula is C11H16ClN3. The molecule has 2 rings (SSSR count). The molecule has 0 bridgehead atoms. The number of fused-ring (bicyclic) bond motifs is 1. The second-order valence-electron chi connectivity index (χ2n) is 4.38. The van der Waals surface area contributed by atoms with E-state index in [9.17, 15) is 0 Å². The first kappa shape index (κ1) is 10.8. The molecule has 0 saturated heterocycles. The average molecular weight is 226 g/mol. The molecule has 1 aliphatic rings. The third-order valence-corrected chi connectivity index (χ3v) is 2.84. The van der Waals surface area contributed by atoms with Gasteiger partial charge in [0.2, 0.25) is 0 Å². The van der Waals surface area contributed by atoms with Gasteiger partial charge in [-0.05, 0) is 18.9 Å². The van der Waals surface area contributed by atoms with Crippen molar-refractivity contribution in [1.29, 1.82) is 0 Å². The summed E-state index contributed by atoms with van der Waals surface area (Å²) >= 11 is 6.15. The topological polar surface area (TPSA) is 37.8 Å². The van der Waals surface area contributed by atoms with Crippen LogP contribution in [0.2, 0.25) is 5.15 Å². The van der Waals surface area contributed by atoms with Crippen molar-refractivity contribution in [3.8, 4) is 0 Å². The Hall–Kier alpha value is -0.670. The largest absolute Gasteiger partial charge is 0.311 e. The van der Waals surface area contributed by atoms with Crippen LogP contribution in [0.5, 0.6) is 0 Å². The molecule has 0 aliphatic carbocycles. The summed E-state index contributed by atoms with van der Waals surface area (Å²) in [5.41, 5.74) is 2.21. The number of halogens is 1. The summed E-state index contributed by atoms with van der Waals surface area (Å²) in [5.74, 6) is 1.44. The first-order chi connectivity index (χ1) is 7.16. The van der Waals surface area contributed by atoms with Crippen LogP contribution >= 0.6 is 11.6 Å². The van der Waals surface area contributed by atoms with E-state index >= 15 is 0 Å². The molecule has 0 spiro atoms. The van der Waals surface area contributed by atoms with Crippen molar-refractivity contribution in [2.45, 2.75) is 33.2 Å². The highest BCUT2D eigenvalue weighted by atomic mass is 35.5. The summed E-state index contributed by atoms with van der Waals surface area (Å²) in [4.78, 5) is 8.91. The van der Waals surface area contributed by atoms with E-state index in [0.29, 0.717) is 11.1 Å². The van der Waals surface area contributed by atoms with Gasteiger partial charge >= 0.3 is 0 Å². The first-order valence-electron chi connectivity index (χ1n) is 5.41. The summed E-state index contributed by atoms with van der Waals surface area (Å²) in [6.45, 7) is 6.12. The van der Waals surface area contributed by atoms with Crippen molar-refractivity contribution in [3.05, 3.63) is 22.2 Å². The summed E-state index contributed by atoms with van der Waals surface area (Å²) in [7, 11) is 0. The molecule has 0 amide bonds. The van der Waals surface area contributed by atoms with Gasteiger partial charge in [0.25, 0.3) is 0 Å². The van der Waals surface area contributed by atoms with E-state index in [1.807, 2.05) is 0 Å². The van der Waals surface area contributed by atoms with Crippen molar-refractivity contribution in [3.63, 3.8) is 0 Å². The Morgan fingerprint density at radius 1 is 1.40 bits per heavy atom. The average Bonchev–Trinajstić information content (AvgIpc) is 2.16. The number of hydrogen-bond donors (Lipinski definition) is 1. The van der Waals surface area contributed by atoms with Gasteiger partial charge < -0.3 is 5.32 Å². The minimum Gasteiger partial charge on any atom is -0.311 e. The molecule has 82 valence electrons. The molecule has 1 aromatic heterocycles. The van der Waals surface area contributed by atoms with Gasteiger partial charge in [-0.3, -0.25) is 0 Å². The van der Waals surface area contributed by atoms with E-state index in [4.69, 9.17) is 11.6 Å². The Labute approximate surface area is 95.3 Å². The van der Waals surface area contributed by atoms with Gasteiger partial charge in [0.05, 0.1) is 5.69 Å². The molecular weight excluding hydrogens is 210 g/mol. The lowest BCUT2D eigenvalue weighted by atomic mass is 10.1. The highest BCUT2D eigenvalue weighted by Crippen LogP contribution is 2.20. The third kappa shape index (κ3) is 2.47. The van der Waals surface area contributed by atoms with E-state index in [0.717, 1.165) is 43.0 Å². The second-order valence-corrected chi connectivity index (χ2v) is 4.74. The number of aromatic nitrogens is 2. The zero-order chi connectivity index (χ0) is 10.8. The normalized spacial score (nSPS) is 15.5. The Bertz CT molecular complexity index is 363. The molecule has 1 N–H and O–H groups in total. The predicted molar refractivity (Wildman–Crippen MR) is 61.0 cm³/mol. The molecule has 1 aliphatic heterocycles. The Balaban J connectivity index is 2.32. The number of nitrogens with zero attached hydrogens (tertiary/aromatic N) is 2. The van der Waals surface area contributed by atoms with Gasteiger partial charge in [0.1, 0.15) is 11.0 Å². The van der Waals surface area contributed by atoms with Crippen molar-refractivity contribution in [1.82, 2.24) is 15.3 Å². The van der Waals surface area contributed by atoms with Crippen LogP contribution in [0.4, 0.5) is 0 Å². The Kier molecular flexibility index (Phi) is 3.22. The maximum atomic E-state index is 6.15. The van der Waals surface area contributed by atoms with Crippen LogP contribution in [0.1, 0.15) is 30.9 Å². The quantitative estimate of drug-likeness (QED) is 0.783. The van der Waals surface area contributed by atoms with Crippen molar-refractivity contribution < 1.29 is 0 Å². The van der Waals surface area contributed by atoms with Gasteiger partial charge in [0.15, 0.2) is 0 Å². The lowest BCUT2D eigenvalue weighted by Gasteiger charge is -2.18. The number of rotatable bonds is 2. The summed E-state index contributed by atoms with van der Waals surface area (Å²) < 4.78 is 0. The van der Waals surface area contributed by atoms with Crippen LogP contribution in [-0.4, -0.2) is 16.5 Å². The highest BCUT2D eigenvalue weighted by Gasteiger charge is 2.16. The van der Waals surface area contributed by atoms with Crippen LogP contribution < -0.4 is 5.32 Å². The molecule has 3 nitrogen and oxygen atoms in total. The van der Waals surface area contributed by atoms with E-state index in [1.54, 1.807) is 0 Å². The van der Waals surface area contributed by atoms with E-state index < -0.39 is 0 Å². The van der Waals surface area contributed by atoms with Crippen molar-refractivity contribution >= 4 is 11.6 Å². The van der Waals surface area contributed by atoms with Gasteiger partial charge in [-0.25, -0.2) is 9.97 Å². The second kappa shape index (κ2) is 4.45. The van der Waals surface area contributed by atoms with Crippen LogP contribution in [0.3, 0.4) is 0 Å². The fourth-order valence-corrected chi connectivity index (χ4v) is 2.12. The van der Waals surface area contributed by atoms with Gasteiger partial charge in [-0.2, -0.15) is 0 Å². The molecule has 0 atom stereocenters. The standard InChI is InChI=1S/C11H16ClN3/c1-7(2)5-10-14-9-6-13-4-3-8(9)11(12)15-10/h7,13H,3-6H2,1-2H3. The number of nitrogens with one attached hydrogen (secondary N) is 1. The molecule has 0 aromatic carbocycles. The van der Waals surface area contributed by atoms with E-state index in [1.165, 1.54) is 0 Å². The van der Waals surface area contributed by atoms with Gasteiger partial charge in [-0.1, -0.05) is 25.4 Å². The maximum absolute atomic E-state index is 6.15. The zero-order valence-electron chi connectivity index (χ0n) is 9.18. The smallest absolute Gasteiger partial charge is 0.136 e. The van der Waals surface area contributed by atoms with Gasteiger partial charge in [-0.15, -0.1) is 0 Å². The first-order valence-corrected chi connectivity index (χ1v) is 5.79. The highest BCUT2D eigenvalue weighted by molar-refractivity contribution is 6.30. The van der Waals surface area contributed by atoms with Crippen LogP contribution in [0.25, 0.3) is 0 Å². The molecule has 2 heterocycles. The van der Waals surface area contributed by atoms with Crippen LogP contribution in [-0.2, 0) is 19.4 Å². The minimum absolute atomic E-state index is 0.565. The fourth-order valence-electron chi connectivity index (χ4n) is 1.82. The Morgan fingerprint density at radius 2 is 2.20 bits per heavy atom. The summed E-state index contributed by atoms with van der Waals surface area (Å²) in [6.07, 6.45) is 1.84. The fraction of sp³-hybridized carbons (Fsp3) is 0.636. The SMILES string of the molecule is CC(C)Cc1nc(Cl)c2c(n1)CNCC2. The molecule has 4 heteroatoms. The molecule has 0 saturated carbocycles. The summed E-state index contributed by atoms with van der Waals surface area (Å²) in [5, 5.41) is 3.95.